The summed E-state index contributed by atoms with van der Waals surface area (Å²) in [7, 11) is 0. The number of hydrogen-bond acceptors (Lipinski definition) is 6. The highest BCUT2D eigenvalue weighted by Crippen LogP contribution is 2.32. The minimum atomic E-state index is -2.73. The van der Waals surface area contributed by atoms with Crippen molar-refractivity contribution in [2.24, 2.45) is 11.1 Å². The van der Waals surface area contributed by atoms with E-state index in [2.05, 4.69) is 36.3 Å². The molecule has 1 aromatic carbocycles. The van der Waals surface area contributed by atoms with Crippen molar-refractivity contribution in [1.82, 2.24) is 14.9 Å². The van der Waals surface area contributed by atoms with Gasteiger partial charge in [0.2, 0.25) is 11.8 Å². The number of rotatable bonds is 8. The number of aromatic nitrogens is 3. The number of primary amides is 1. The van der Waals surface area contributed by atoms with Gasteiger partial charge in [-0.05, 0) is 31.2 Å². The molecule has 0 saturated heterocycles. The third kappa shape index (κ3) is 5.84. The minimum absolute atomic E-state index is 0.0273. The number of amides is 2. The highest BCUT2D eigenvalue weighted by molar-refractivity contribution is 6.03. The molecule has 2 atom stereocenters. The fourth-order valence-electron chi connectivity index (χ4n) is 3.62. The Balaban J connectivity index is 1.79. The van der Waals surface area contributed by atoms with E-state index in [4.69, 9.17) is 16.0 Å². The third-order valence-corrected chi connectivity index (χ3v) is 5.54. The number of carbonyl (C=O) groups is 2. The molecule has 2 aromatic heterocycles. The lowest BCUT2D eigenvalue weighted by Crippen LogP contribution is -2.19. The second-order valence-electron chi connectivity index (χ2n) is 9.75. The number of anilines is 2. The SMILES string of the molecule is CC(C(=O)Nc1cc(CC(C)(C)C)no1)c1ccc(-c2nn(C(C)C(F)F)c(N)c2C(N)=O)cc1. The van der Waals surface area contributed by atoms with Gasteiger partial charge in [-0.25, -0.2) is 13.5 Å². The van der Waals surface area contributed by atoms with Gasteiger partial charge in [0.25, 0.3) is 12.3 Å². The molecule has 11 heteroatoms. The fourth-order valence-corrected chi connectivity index (χ4v) is 3.62. The number of carbonyl (C=O) groups excluding carboxylic acids is 2. The third-order valence-electron chi connectivity index (χ3n) is 5.54. The summed E-state index contributed by atoms with van der Waals surface area (Å²) in [6.07, 6.45) is -2.03. The van der Waals surface area contributed by atoms with Crippen molar-refractivity contribution in [2.75, 3.05) is 11.1 Å². The van der Waals surface area contributed by atoms with E-state index in [1.165, 1.54) is 6.92 Å². The standard InChI is InChI=1S/C24H30F2N6O3/c1-12(23(34)29-17-10-16(31-35-17)11-24(3,4)5)14-6-8-15(9-7-14)19-18(22(28)33)21(27)32(30-19)13(2)20(25)26/h6-10,12-13,20H,11,27H2,1-5H3,(H2,28,33)(H,29,34). The Labute approximate surface area is 201 Å². The maximum Gasteiger partial charge on any atom is 0.260 e. The van der Waals surface area contributed by atoms with Crippen molar-refractivity contribution in [3.05, 3.63) is 47.2 Å². The van der Waals surface area contributed by atoms with Gasteiger partial charge in [-0.2, -0.15) is 5.10 Å². The summed E-state index contributed by atoms with van der Waals surface area (Å²) in [4.78, 5) is 24.7. The first-order chi connectivity index (χ1) is 16.3. The molecule has 35 heavy (non-hydrogen) atoms. The van der Waals surface area contributed by atoms with E-state index >= 15 is 0 Å². The lowest BCUT2D eigenvalue weighted by atomic mass is 9.91. The zero-order chi connectivity index (χ0) is 26.1. The Morgan fingerprint density at radius 1 is 1.17 bits per heavy atom. The molecule has 0 radical (unpaired) electrons. The maximum absolute atomic E-state index is 13.2. The fraction of sp³-hybridized carbons (Fsp3) is 0.417. The van der Waals surface area contributed by atoms with Crippen LogP contribution in [0, 0.1) is 5.41 Å². The van der Waals surface area contributed by atoms with Gasteiger partial charge in [0.1, 0.15) is 23.1 Å². The number of nitrogen functional groups attached to an aromatic ring is 1. The number of nitrogens with one attached hydrogen (secondary N) is 1. The number of benzene rings is 1. The number of halogens is 2. The van der Waals surface area contributed by atoms with Crippen LogP contribution in [0.15, 0.2) is 34.9 Å². The normalized spacial score (nSPS) is 13.6. The molecule has 2 unspecified atom stereocenters. The number of alkyl halides is 2. The molecular weight excluding hydrogens is 458 g/mol. The number of hydrogen-bond donors (Lipinski definition) is 3. The van der Waals surface area contributed by atoms with E-state index in [0.29, 0.717) is 17.5 Å². The van der Waals surface area contributed by atoms with Crippen LogP contribution < -0.4 is 16.8 Å². The van der Waals surface area contributed by atoms with Gasteiger partial charge < -0.3 is 16.0 Å². The predicted octanol–water partition coefficient (Wildman–Crippen LogP) is 4.38. The largest absolute Gasteiger partial charge is 0.383 e. The molecule has 0 saturated carbocycles. The highest BCUT2D eigenvalue weighted by Gasteiger charge is 2.27. The van der Waals surface area contributed by atoms with Gasteiger partial charge in [0.15, 0.2) is 0 Å². The van der Waals surface area contributed by atoms with Crippen molar-refractivity contribution in [3.8, 4) is 11.3 Å². The van der Waals surface area contributed by atoms with Crippen LogP contribution in [-0.4, -0.2) is 33.2 Å². The lowest BCUT2D eigenvalue weighted by molar-refractivity contribution is -0.117. The van der Waals surface area contributed by atoms with Crippen molar-refractivity contribution >= 4 is 23.5 Å². The Morgan fingerprint density at radius 3 is 2.34 bits per heavy atom. The van der Waals surface area contributed by atoms with Crippen molar-refractivity contribution in [1.29, 1.82) is 0 Å². The highest BCUT2D eigenvalue weighted by atomic mass is 19.3. The Bertz CT molecular complexity index is 1210. The Hall–Kier alpha value is -3.76. The van der Waals surface area contributed by atoms with Crippen LogP contribution in [0.2, 0.25) is 0 Å². The van der Waals surface area contributed by atoms with Gasteiger partial charge in [-0.1, -0.05) is 50.2 Å². The van der Waals surface area contributed by atoms with Gasteiger partial charge in [-0.3, -0.25) is 14.9 Å². The summed E-state index contributed by atoms with van der Waals surface area (Å²) in [5.74, 6) is -1.68. The number of nitrogens with two attached hydrogens (primary N) is 2. The summed E-state index contributed by atoms with van der Waals surface area (Å²) in [5.41, 5.74) is 13.2. The van der Waals surface area contributed by atoms with Crippen LogP contribution in [0.1, 0.15) is 68.2 Å². The molecule has 0 bridgehead atoms. The van der Waals surface area contributed by atoms with E-state index in [1.54, 1.807) is 37.3 Å². The molecular formula is C24H30F2N6O3. The minimum Gasteiger partial charge on any atom is -0.383 e. The second kappa shape index (κ2) is 9.85. The molecule has 0 aliphatic heterocycles. The predicted molar refractivity (Wildman–Crippen MR) is 128 cm³/mol. The maximum atomic E-state index is 13.2. The van der Waals surface area contributed by atoms with Crippen molar-refractivity contribution in [2.45, 2.75) is 59.4 Å². The molecule has 2 amide bonds. The van der Waals surface area contributed by atoms with Crippen LogP contribution in [-0.2, 0) is 11.2 Å². The van der Waals surface area contributed by atoms with Crippen LogP contribution >= 0.6 is 0 Å². The zero-order valence-electron chi connectivity index (χ0n) is 20.3. The summed E-state index contributed by atoms with van der Waals surface area (Å²) in [5, 5.41) is 10.8. The molecule has 0 spiro atoms. The molecule has 3 aromatic rings. The summed E-state index contributed by atoms with van der Waals surface area (Å²) in [6, 6.07) is 6.97. The average Bonchev–Trinajstić information content (AvgIpc) is 3.34. The van der Waals surface area contributed by atoms with Gasteiger partial charge in [0, 0.05) is 11.6 Å². The molecule has 9 nitrogen and oxygen atoms in total. The van der Waals surface area contributed by atoms with Gasteiger partial charge >= 0.3 is 0 Å². The van der Waals surface area contributed by atoms with E-state index in [-0.39, 0.29) is 34.3 Å². The number of nitrogens with zero attached hydrogens (tertiary/aromatic N) is 3. The van der Waals surface area contributed by atoms with Crippen LogP contribution in [0.25, 0.3) is 11.3 Å². The average molecular weight is 489 g/mol. The van der Waals surface area contributed by atoms with Crippen LogP contribution in [0.4, 0.5) is 20.5 Å². The monoisotopic (exact) mass is 488 g/mol. The molecule has 5 N–H and O–H groups in total. The lowest BCUT2D eigenvalue weighted by Gasteiger charge is -2.15. The smallest absolute Gasteiger partial charge is 0.260 e. The first-order valence-electron chi connectivity index (χ1n) is 11.1. The molecule has 188 valence electrons. The van der Waals surface area contributed by atoms with E-state index in [1.807, 2.05) is 0 Å². The summed E-state index contributed by atoms with van der Waals surface area (Å²) < 4.78 is 32.5. The first kappa shape index (κ1) is 25.9. The molecule has 3 rings (SSSR count). The van der Waals surface area contributed by atoms with Crippen LogP contribution in [0.3, 0.4) is 0 Å². The quantitative estimate of drug-likeness (QED) is 0.430. The Morgan fingerprint density at radius 2 is 1.80 bits per heavy atom. The zero-order valence-corrected chi connectivity index (χ0v) is 20.3. The summed E-state index contributed by atoms with van der Waals surface area (Å²) >= 11 is 0. The Kier molecular flexibility index (Phi) is 7.27. The van der Waals surface area contributed by atoms with Crippen molar-refractivity contribution in [3.63, 3.8) is 0 Å². The molecule has 0 fully saturated rings. The molecule has 0 aliphatic rings. The molecule has 2 heterocycles. The van der Waals surface area contributed by atoms with E-state index in [9.17, 15) is 18.4 Å². The van der Waals surface area contributed by atoms with E-state index < -0.39 is 24.3 Å². The van der Waals surface area contributed by atoms with E-state index in [0.717, 1.165) is 10.4 Å². The van der Waals surface area contributed by atoms with Gasteiger partial charge in [0.05, 0.1) is 11.6 Å². The topological polar surface area (TPSA) is 142 Å². The first-order valence-corrected chi connectivity index (χ1v) is 11.1. The van der Waals surface area contributed by atoms with Gasteiger partial charge in [-0.15, -0.1) is 0 Å². The summed E-state index contributed by atoms with van der Waals surface area (Å²) in [6.45, 7) is 9.21. The van der Waals surface area contributed by atoms with Crippen molar-refractivity contribution < 1.29 is 22.9 Å². The second-order valence-corrected chi connectivity index (χ2v) is 9.75. The molecule has 0 aliphatic carbocycles. The van der Waals surface area contributed by atoms with Crippen LogP contribution in [0.5, 0.6) is 0 Å².